The van der Waals surface area contributed by atoms with Crippen LogP contribution in [0.2, 0.25) is 0 Å². The molecule has 0 unspecified atom stereocenters. The quantitative estimate of drug-likeness (QED) is 0.475. The Labute approximate surface area is 128 Å². The zero-order valence-electron chi connectivity index (χ0n) is 12.0. The van der Waals surface area contributed by atoms with E-state index in [1.54, 1.807) is 0 Å². The first kappa shape index (κ1) is 14.5. The fraction of sp³-hybridized carbons (Fsp3) is 0.471. The van der Waals surface area contributed by atoms with Gasteiger partial charge in [-0.1, -0.05) is 0 Å². The molecule has 0 radical (unpaired) electrons. The second-order valence-corrected chi connectivity index (χ2v) is 5.83. The Balaban J connectivity index is 1.90. The van der Waals surface area contributed by atoms with Crippen LogP contribution in [0.5, 0.6) is 5.75 Å². The fourth-order valence-corrected chi connectivity index (χ4v) is 3.09. The lowest BCUT2D eigenvalue weighted by Gasteiger charge is -2.16. The van der Waals surface area contributed by atoms with Crippen LogP contribution in [0.4, 0.5) is 0 Å². The molecule has 21 heavy (non-hydrogen) atoms. The Morgan fingerprint density at radius 1 is 1.14 bits per heavy atom. The van der Waals surface area contributed by atoms with Gasteiger partial charge in [0, 0.05) is 22.9 Å². The lowest BCUT2D eigenvalue weighted by molar-refractivity contribution is 0.309. The molecule has 4 heteroatoms. The predicted octanol–water partition coefficient (Wildman–Crippen LogP) is 4.07. The number of aryl methyl sites for hydroxylation is 1. The van der Waals surface area contributed by atoms with Crippen LogP contribution in [0.15, 0.2) is 27.4 Å². The minimum atomic E-state index is -0.184. The van der Waals surface area contributed by atoms with Crippen molar-refractivity contribution in [3.63, 3.8) is 0 Å². The van der Waals surface area contributed by atoms with Crippen molar-refractivity contribution in [2.75, 3.05) is 12.5 Å². The molecule has 1 aromatic heterocycles. The van der Waals surface area contributed by atoms with Crippen molar-refractivity contribution in [3.8, 4) is 5.75 Å². The van der Waals surface area contributed by atoms with Gasteiger partial charge < -0.3 is 9.15 Å². The third-order valence-corrected chi connectivity index (χ3v) is 4.26. The fourth-order valence-electron chi connectivity index (χ4n) is 2.90. The van der Waals surface area contributed by atoms with E-state index in [4.69, 9.17) is 20.8 Å². The largest absolute Gasteiger partial charge is 0.493 e. The van der Waals surface area contributed by atoms with Crippen LogP contribution in [-0.4, -0.2) is 12.5 Å². The molecule has 112 valence electrons. The average molecular weight is 307 g/mol. The number of ether oxygens (including phenoxy) is 1. The maximum atomic E-state index is 12.1. The van der Waals surface area contributed by atoms with Gasteiger partial charge in [0.15, 0.2) is 0 Å². The molecule has 0 spiro atoms. The number of fused-ring (bicyclic) bond motifs is 3. The van der Waals surface area contributed by atoms with Crippen LogP contribution >= 0.6 is 11.6 Å². The zero-order valence-corrected chi connectivity index (χ0v) is 12.7. The first-order chi connectivity index (χ1) is 10.3. The normalized spacial score (nSPS) is 14.1. The van der Waals surface area contributed by atoms with E-state index in [1.807, 2.05) is 18.2 Å². The van der Waals surface area contributed by atoms with Gasteiger partial charge in [0.2, 0.25) is 0 Å². The molecule has 1 aliphatic rings. The summed E-state index contributed by atoms with van der Waals surface area (Å²) in [6.45, 7) is 0.632. The number of hydrogen-bond acceptors (Lipinski definition) is 3. The molecule has 0 aliphatic heterocycles. The number of unbranched alkanes of at least 4 members (excludes halogenated alkanes) is 1. The van der Waals surface area contributed by atoms with Crippen LogP contribution in [0.3, 0.4) is 0 Å². The van der Waals surface area contributed by atoms with Gasteiger partial charge in [-0.2, -0.15) is 0 Å². The van der Waals surface area contributed by atoms with E-state index < -0.39 is 0 Å². The summed E-state index contributed by atoms with van der Waals surface area (Å²) >= 11 is 5.64. The van der Waals surface area contributed by atoms with Crippen molar-refractivity contribution in [2.24, 2.45) is 0 Å². The number of benzene rings is 1. The van der Waals surface area contributed by atoms with Crippen LogP contribution in [-0.2, 0) is 12.8 Å². The van der Waals surface area contributed by atoms with Crippen molar-refractivity contribution in [1.29, 1.82) is 0 Å². The molecule has 0 N–H and O–H groups in total. The van der Waals surface area contributed by atoms with Gasteiger partial charge in [-0.3, -0.25) is 0 Å². The van der Waals surface area contributed by atoms with Gasteiger partial charge in [-0.15, -0.1) is 11.6 Å². The van der Waals surface area contributed by atoms with Crippen molar-refractivity contribution in [3.05, 3.63) is 39.7 Å². The van der Waals surface area contributed by atoms with E-state index >= 15 is 0 Å². The van der Waals surface area contributed by atoms with E-state index in [0.717, 1.165) is 55.2 Å². The van der Waals surface area contributed by atoms with E-state index in [0.29, 0.717) is 18.1 Å². The minimum absolute atomic E-state index is 0.184. The number of hydrogen-bond donors (Lipinski definition) is 0. The van der Waals surface area contributed by atoms with Gasteiger partial charge >= 0.3 is 5.63 Å². The van der Waals surface area contributed by atoms with Crippen molar-refractivity contribution in [2.45, 2.75) is 38.5 Å². The van der Waals surface area contributed by atoms with Crippen LogP contribution in [0, 0.1) is 0 Å². The first-order valence-corrected chi connectivity index (χ1v) is 8.10. The van der Waals surface area contributed by atoms with Gasteiger partial charge in [-0.25, -0.2) is 4.79 Å². The van der Waals surface area contributed by atoms with Crippen LogP contribution < -0.4 is 10.4 Å². The second kappa shape index (κ2) is 6.52. The third-order valence-electron chi connectivity index (χ3n) is 3.99. The maximum Gasteiger partial charge on any atom is 0.339 e. The first-order valence-electron chi connectivity index (χ1n) is 7.57. The molecule has 0 fully saturated rings. The predicted molar refractivity (Wildman–Crippen MR) is 84.6 cm³/mol. The van der Waals surface area contributed by atoms with E-state index in [-0.39, 0.29) is 5.63 Å². The number of rotatable bonds is 5. The van der Waals surface area contributed by atoms with Gasteiger partial charge in [0.25, 0.3) is 0 Å². The summed E-state index contributed by atoms with van der Waals surface area (Å²) in [5.74, 6) is 1.40. The van der Waals surface area contributed by atoms with Crippen LogP contribution in [0.1, 0.15) is 36.8 Å². The molecule has 0 saturated heterocycles. The Bertz CT molecular complexity index is 690. The molecule has 0 saturated carbocycles. The van der Waals surface area contributed by atoms with Crippen molar-refractivity contribution in [1.82, 2.24) is 0 Å². The maximum absolute atomic E-state index is 12.1. The average Bonchev–Trinajstić information content (AvgIpc) is 2.52. The standard InChI is InChI=1S/C17H19ClO3/c18-9-3-4-10-20-12-7-8-14-13-5-1-2-6-15(13)17(19)21-16(14)11-12/h7-8,11H,1-6,9-10H2. The summed E-state index contributed by atoms with van der Waals surface area (Å²) in [7, 11) is 0. The van der Waals surface area contributed by atoms with Crippen LogP contribution in [0.25, 0.3) is 11.0 Å². The Morgan fingerprint density at radius 2 is 1.95 bits per heavy atom. The lowest BCUT2D eigenvalue weighted by Crippen LogP contribution is -2.15. The summed E-state index contributed by atoms with van der Waals surface area (Å²) in [4.78, 5) is 12.1. The van der Waals surface area contributed by atoms with E-state index in [1.165, 1.54) is 5.56 Å². The summed E-state index contributed by atoms with van der Waals surface area (Å²) in [5, 5.41) is 1.05. The second-order valence-electron chi connectivity index (χ2n) is 5.46. The molecule has 1 aromatic carbocycles. The molecular weight excluding hydrogens is 288 g/mol. The molecule has 1 heterocycles. The molecular formula is C17H19ClO3. The lowest BCUT2D eigenvalue weighted by atomic mass is 9.91. The highest BCUT2D eigenvalue weighted by atomic mass is 35.5. The monoisotopic (exact) mass is 306 g/mol. The Kier molecular flexibility index (Phi) is 4.49. The number of halogens is 1. The highest BCUT2D eigenvalue weighted by Gasteiger charge is 2.18. The van der Waals surface area contributed by atoms with Crippen molar-refractivity contribution >= 4 is 22.6 Å². The van der Waals surface area contributed by atoms with Gasteiger partial charge in [0.05, 0.1) is 6.61 Å². The summed E-state index contributed by atoms with van der Waals surface area (Å²) in [6, 6.07) is 5.80. The highest BCUT2D eigenvalue weighted by molar-refractivity contribution is 6.17. The van der Waals surface area contributed by atoms with Gasteiger partial charge in [0.1, 0.15) is 11.3 Å². The molecule has 3 rings (SSSR count). The molecule has 3 nitrogen and oxygen atoms in total. The van der Waals surface area contributed by atoms with E-state index in [2.05, 4.69) is 0 Å². The summed E-state index contributed by atoms with van der Waals surface area (Å²) in [5.41, 5.74) is 2.48. The summed E-state index contributed by atoms with van der Waals surface area (Å²) < 4.78 is 11.2. The Hall–Kier alpha value is -1.48. The molecule has 0 bridgehead atoms. The Morgan fingerprint density at radius 3 is 2.76 bits per heavy atom. The molecule has 0 atom stereocenters. The smallest absolute Gasteiger partial charge is 0.339 e. The van der Waals surface area contributed by atoms with E-state index in [9.17, 15) is 4.79 Å². The van der Waals surface area contributed by atoms with Gasteiger partial charge in [-0.05, 0) is 56.2 Å². The summed E-state index contributed by atoms with van der Waals surface area (Å²) in [6.07, 6.45) is 5.89. The highest BCUT2D eigenvalue weighted by Crippen LogP contribution is 2.29. The molecule has 2 aromatic rings. The van der Waals surface area contributed by atoms with Crippen molar-refractivity contribution < 1.29 is 9.15 Å². The number of alkyl halides is 1. The third kappa shape index (κ3) is 3.08. The topological polar surface area (TPSA) is 39.4 Å². The molecule has 0 amide bonds. The SMILES string of the molecule is O=c1oc2cc(OCCCCCl)ccc2c2c1CCCC2. The molecule has 1 aliphatic carbocycles. The zero-order chi connectivity index (χ0) is 14.7. The minimum Gasteiger partial charge on any atom is -0.493 e.